The van der Waals surface area contributed by atoms with Gasteiger partial charge >= 0.3 is 5.97 Å². The second kappa shape index (κ2) is 12.4. The molecule has 0 fully saturated rings. The molecule has 1 N–H and O–H groups in total. The second-order valence-corrected chi connectivity index (χ2v) is 7.04. The number of ketones is 1. The molecule has 0 unspecified atom stereocenters. The number of unbranched alkanes of at least 4 members (excludes halogenated alkanes) is 1. The molecule has 1 amide bonds. The average Bonchev–Trinajstić information content (AvgIpc) is 2.75. The number of hydrogen-bond donors (Lipinski definition) is 1. The molecule has 30 heavy (non-hydrogen) atoms. The van der Waals surface area contributed by atoms with Crippen LogP contribution in [-0.2, 0) is 20.7 Å². The van der Waals surface area contributed by atoms with E-state index in [-0.39, 0.29) is 24.7 Å². The Morgan fingerprint density at radius 3 is 2.27 bits per heavy atom. The fourth-order valence-corrected chi connectivity index (χ4v) is 2.74. The van der Waals surface area contributed by atoms with E-state index in [1.54, 1.807) is 24.3 Å². The zero-order valence-electron chi connectivity index (χ0n) is 17.6. The molecule has 0 aliphatic carbocycles. The highest BCUT2D eigenvalue weighted by Crippen LogP contribution is 2.13. The highest BCUT2D eigenvalue weighted by Gasteiger charge is 2.08. The number of rotatable bonds is 12. The quantitative estimate of drug-likeness (QED) is 0.314. The zero-order valence-corrected chi connectivity index (χ0v) is 17.6. The van der Waals surface area contributed by atoms with Gasteiger partial charge < -0.3 is 14.8 Å². The predicted octanol–water partition coefficient (Wildman–Crippen LogP) is 4.57. The largest absolute Gasteiger partial charge is 0.494 e. The molecule has 6 heteroatoms. The highest BCUT2D eigenvalue weighted by atomic mass is 16.5. The summed E-state index contributed by atoms with van der Waals surface area (Å²) >= 11 is 0. The molecule has 2 aromatic carbocycles. The normalized spacial score (nSPS) is 10.3. The maximum atomic E-state index is 11.9. The van der Waals surface area contributed by atoms with E-state index in [1.165, 1.54) is 12.5 Å². The van der Waals surface area contributed by atoms with Gasteiger partial charge in [0.1, 0.15) is 5.75 Å². The summed E-state index contributed by atoms with van der Waals surface area (Å²) in [4.78, 5) is 34.9. The van der Waals surface area contributed by atoms with Crippen molar-refractivity contribution in [3.63, 3.8) is 0 Å². The zero-order chi connectivity index (χ0) is 21.8. The van der Waals surface area contributed by atoms with Crippen LogP contribution in [0.2, 0.25) is 0 Å². The van der Waals surface area contributed by atoms with E-state index in [2.05, 4.69) is 12.2 Å². The van der Waals surface area contributed by atoms with E-state index in [4.69, 9.17) is 9.47 Å². The van der Waals surface area contributed by atoms with Gasteiger partial charge in [0.2, 0.25) is 0 Å². The van der Waals surface area contributed by atoms with Gasteiger partial charge in [0.05, 0.1) is 6.61 Å². The molecule has 6 nitrogen and oxygen atoms in total. The van der Waals surface area contributed by atoms with E-state index in [0.29, 0.717) is 30.0 Å². The summed E-state index contributed by atoms with van der Waals surface area (Å²) < 4.78 is 10.5. The number of hydrogen-bond acceptors (Lipinski definition) is 5. The van der Waals surface area contributed by atoms with Crippen LogP contribution in [0.4, 0.5) is 5.69 Å². The molecular formula is C24H29NO5. The first-order valence-electron chi connectivity index (χ1n) is 10.3. The van der Waals surface area contributed by atoms with Gasteiger partial charge in [-0.3, -0.25) is 14.4 Å². The predicted molar refractivity (Wildman–Crippen MR) is 116 cm³/mol. The lowest BCUT2D eigenvalue weighted by molar-refractivity contribution is -0.147. The number of aryl methyl sites for hydroxylation is 1. The van der Waals surface area contributed by atoms with Crippen LogP contribution in [0.15, 0.2) is 48.5 Å². The van der Waals surface area contributed by atoms with Gasteiger partial charge in [-0.15, -0.1) is 0 Å². The van der Waals surface area contributed by atoms with E-state index in [9.17, 15) is 14.4 Å². The molecule has 2 rings (SSSR count). The van der Waals surface area contributed by atoms with Crippen LogP contribution in [0.5, 0.6) is 5.75 Å². The summed E-state index contributed by atoms with van der Waals surface area (Å²) in [5.74, 6) is -0.187. The first kappa shape index (κ1) is 23.1. The maximum Gasteiger partial charge on any atom is 0.306 e. The maximum absolute atomic E-state index is 11.9. The average molecular weight is 411 g/mol. The van der Waals surface area contributed by atoms with Crippen LogP contribution in [0, 0.1) is 0 Å². The summed E-state index contributed by atoms with van der Waals surface area (Å²) in [5.41, 5.74) is 2.54. The second-order valence-electron chi connectivity index (χ2n) is 7.04. The van der Waals surface area contributed by atoms with Crippen molar-refractivity contribution >= 4 is 23.3 Å². The van der Waals surface area contributed by atoms with Gasteiger partial charge in [-0.2, -0.15) is 0 Å². The number of ether oxygens (including phenoxy) is 2. The Hall–Kier alpha value is -3.15. The molecule has 0 heterocycles. The lowest BCUT2D eigenvalue weighted by atomic mass is 10.1. The Bertz CT molecular complexity index is 828. The number of carbonyl (C=O) groups excluding carboxylic acids is 3. The van der Waals surface area contributed by atoms with Crippen molar-refractivity contribution in [2.45, 2.75) is 46.0 Å². The molecule has 0 saturated heterocycles. The van der Waals surface area contributed by atoms with Crippen LogP contribution in [0.1, 0.15) is 55.5 Å². The van der Waals surface area contributed by atoms with Crippen molar-refractivity contribution in [1.82, 2.24) is 0 Å². The molecule has 0 aromatic heterocycles. The van der Waals surface area contributed by atoms with E-state index in [0.717, 1.165) is 19.3 Å². The van der Waals surface area contributed by atoms with Gasteiger partial charge in [-0.25, -0.2) is 0 Å². The van der Waals surface area contributed by atoms with E-state index in [1.807, 2.05) is 24.3 Å². The van der Waals surface area contributed by atoms with Crippen LogP contribution in [0.3, 0.4) is 0 Å². The van der Waals surface area contributed by atoms with E-state index < -0.39 is 5.97 Å². The van der Waals surface area contributed by atoms with Crippen molar-refractivity contribution in [2.75, 3.05) is 18.5 Å². The summed E-state index contributed by atoms with van der Waals surface area (Å²) in [5, 5.41) is 2.72. The monoisotopic (exact) mass is 411 g/mol. The summed E-state index contributed by atoms with van der Waals surface area (Å²) in [7, 11) is 0. The number of carbonyl (C=O) groups is 3. The van der Waals surface area contributed by atoms with Gasteiger partial charge in [-0.05, 0) is 68.1 Å². The van der Waals surface area contributed by atoms with Gasteiger partial charge in [0.15, 0.2) is 12.4 Å². The summed E-state index contributed by atoms with van der Waals surface area (Å²) in [6, 6.07) is 14.5. The van der Waals surface area contributed by atoms with Crippen LogP contribution in [0.25, 0.3) is 0 Å². The number of Topliss-reactive ketones (excluding diaryl/α,β-unsaturated/α-hetero) is 1. The van der Waals surface area contributed by atoms with Crippen molar-refractivity contribution in [1.29, 1.82) is 0 Å². The Labute approximate surface area is 177 Å². The van der Waals surface area contributed by atoms with Crippen LogP contribution in [-0.4, -0.2) is 30.9 Å². The van der Waals surface area contributed by atoms with Gasteiger partial charge in [0.25, 0.3) is 5.91 Å². The molecular weight excluding hydrogens is 382 g/mol. The van der Waals surface area contributed by atoms with Gasteiger partial charge in [0, 0.05) is 17.7 Å². The van der Waals surface area contributed by atoms with Crippen molar-refractivity contribution < 1.29 is 23.9 Å². The molecule has 0 bridgehead atoms. The molecule has 160 valence electrons. The Morgan fingerprint density at radius 1 is 0.933 bits per heavy atom. The van der Waals surface area contributed by atoms with Crippen molar-refractivity contribution in [3.8, 4) is 5.75 Å². The molecule has 0 spiro atoms. The van der Waals surface area contributed by atoms with E-state index >= 15 is 0 Å². The number of benzene rings is 2. The molecule has 0 radical (unpaired) electrons. The number of amides is 1. The molecule has 0 saturated carbocycles. The summed E-state index contributed by atoms with van der Waals surface area (Å²) in [6.07, 6.45) is 3.93. The Balaban J connectivity index is 1.60. The lowest BCUT2D eigenvalue weighted by Gasteiger charge is -2.08. The first-order chi connectivity index (χ1) is 14.5. The number of esters is 1. The Kier molecular flexibility index (Phi) is 9.58. The standard InChI is InChI=1S/C24H29NO5/c1-3-4-6-19-8-12-21(13-9-19)25-23(27)17-30-24(28)7-5-16-29-22-14-10-20(11-15-22)18(2)26/h8-15H,3-7,16-17H2,1-2H3,(H,25,27). The molecule has 0 atom stereocenters. The number of anilines is 1. The molecule has 0 aliphatic heterocycles. The molecule has 0 aliphatic rings. The highest BCUT2D eigenvalue weighted by molar-refractivity contribution is 5.94. The topological polar surface area (TPSA) is 81.7 Å². The third kappa shape index (κ3) is 8.47. The fraction of sp³-hybridized carbons (Fsp3) is 0.375. The third-order valence-corrected chi connectivity index (χ3v) is 4.48. The minimum Gasteiger partial charge on any atom is -0.494 e. The SMILES string of the molecule is CCCCc1ccc(NC(=O)COC(=O)CCCOc2ccc(C(C)=O)cc2)cc1. The first-order valence-corrected chi connectivity index (χ1v) is 10.3. The smallest absolute Gasteiger partial charge is 0.306 e. The lowest BCUT2D eigenvalue weighted by Crippen LogP contribution is -2.21. The minimum absolute atomic E-state index is 0.00248. The summed E-state index contributed by atoms with van der Waals surface area (Å²) in [6.45, 7) is 3.68. The minimum atomic E-state index is -0.449. The number of nitrogens with one attached hydrogen (secondary N) is 1. The third-order valence-electron chi connectivity index (χ3n) is 4.48. The van der Waals surface area contributed by atoms with Crippen molar-refractivity contribution in [3.05, 3.63) is 59.7 Å². The Morgan fingerprint density at radius 2 is 1.63 bits per heavy atom. The van der Waals surface area contributed by atoms with Crippen LogP contribution < -0.4 is 10.1 Å². The van der Waals surface area contributed by atoms with Crippen molar-refractivity contribution in [2.24, 2.45) is 0 Å². The fourth-order valence-electron chi connectivity index (χ4n) is 2.74. The van der Waals surface area contributed by atoms with Gasteiger partial charge in [-0.1, -0.05) is 25.5 Å². The molecule has 2 aromatic rings. The van der Waals surface area contributed by atoms with Crippen LogP contribution >= 0.6 is 0 Å².